The fourth-order valence-electron chi connectivity index (χ4n) is 3.24. The molecule has 2 N–H and O–H groups in total. The Bertz CT molecular complexity index is 805. The van der Waals surface area contributed by atoms with Gasteiger partial charge in [0.25, 0.3) is 5.91 Å². The summed E-state index contributed by atoms with van der Waals surface area (Å²) in [5, 5.41) is 3.76. The highest BCUT2D eigenvalue weighted by Crippen LogP contribution is 2.30. The molecule has 0 bridgehead atoms. The van der Waals surface area contributed by atoms with Crippen molar-refractivity contribution in [3.8, 4) is 5.69 Å². The highest BCUT2D eigenvalue weighted by atomic mass is 35.5. The quantitative estimate of drug-likeness (QED) is 0.711. The van der Waals surface area contributed by atoms with Crippen LogP contribution >= 0.6 is 12.4 Å². The maximum Gasteiger partial charge on any atom is 0.433 e. The number of piperidine rings is 1. The summed E-state index contributed by atoms with van der Waals surface area (Å²) in [5.41, 5.74) is 5.10. The molecular formula is C19H24ClF3N4O2. The van der Waals surface area contributed by atoms with Crippen molar-refractivity contribution in [1.29, 1.82) is 0 Å². The predicted molar refractivity (Wildman–Crippen MR) is 104 cm³/mol. The third-order valence-electron chi connectivity index (χ3n) is 4.70. The summed E-state index contributed by atoms with van der Waals surface area (Å²) >= 11 is 0. The third-order valence-corrected chi connectivity index (χ3v) is 4.70. The van der Waals surface area contributed by atoms with Gasteiger partial charge in [-0.1, -0.05) is 6.07 Å². The number of nitrogens with two attached hydrogens (primary N) is 1. The van der Waals surface area contributed by atoms with Crippen molar-refractivity contribution in [3.63, 3.8) is 0 Å². The van der Waals surface area contributed by atoms with Crippen LogP contribution in [0, 0.1) is 0 Å². The van der Waals surface area contributed by atoms with Gasteiger partial charge in [0.15, 0.2) is 0 Å². The number of halogens is 4. The molecule has 29 heavy (non-hydrogen) atoms. The van der Waals surface area contributed by atoms with Crippen LogP contribution in [0.25, 0.3) is 5.69 Å². The van der Waals surface area contributed by atoms with E-state index in [1.165, 1.54) is 12.1 Å². The molecule has 1 aliphatic heterocycles. The Morgan fingerprint density at radius 3 is 2.62 bits per heavy atom. The largest absolute Gasteiger partial charge is 0.433 e. The highest BCUT2D eigenvalue weighted by Gasteiger charge is 2.35. The van der Waals surface area contributed by atoms with Crippen LogP contribution in [0.5, 0.6) is 0 Å². The number of ether oxygens (including phenoxy) is 1. The second-order valence-electron chi connectivity index (χ2n) is 6.68. The van der Waals surface area contributed by atoms with Crippen molar-refractivity contribution in [2.45, 2.75) is 31.5 Å². The number of hydrogen-bond acceptors (Lipinski definition) is 4. The Morgan fingerprint density at radius 2 is 1.97 bits per heavy atom. The molecule has 0 saturated carbocycles. The number of aromatic nitrogens is 2. The van der Waals surface area contributed by atoms with Gasteiger partial charge in [-0.05, 0) is 50.1 Å². The van der Waals surface area contributed by atoms with Gasteiger partial charge < -0.3 is 15.4 Å². The summed E-state index contributed by atoms with van der Waals surface area (Å²) < 4.78 is 45.9. The third kappa shape index (κ3) is 5.71. The fourth-order valence-corrected chi connectivity index (χ4v) is 3.24. The number of alkyl halides is 3. The molecule has 0 atom stereocenters. The highest BCUT2D eigenvalue weighted by molar-refractivity contribution is 5.94. The van der Waals surface area contributed by atoms with E-state index in [4.69, 9.17) is 10.5 Å². The van der Waals surface area contributed by atoms with E-state index >= 15 is 0 Å². The van der Waals surface area contributed by atoms with E-state index in [1.54, 1.807) is 17.0 Å². The van der Waals surface area contributed by atoms with E-state index < -0.39 is 11.9 Å². The van der Waals surface area contributed by atoms with Gasteiger partial charge in [-0.2, -0.15) is 18.3 Å². The van der Waals surface area contributed by atoms with Gasteiger partial charge in [0, 0.05) is 25.3 Å². The summed E-state index contributed by atoms with van der Waals surface area (Å²) in [5.74, 6) is -0.206. The van der Waals surface area contributed by atoms with Crippen molar-refractivity contribution in [2.24, 2.45) is 5.73 Å². The number of carbonyl (C=O) groups is 1. The second-order valence-corrected chi connectivity index (χ2v) is 6.68. The number of benzene rings is 1. The fraction of sp³-hybridized carbons (Fsp3) is 0.474. The summed E-state index contributed by atoms with van der Waals surface area (Å²) in [6.07, 6.45) is -1.06. The first-order valence-corrected chi connectivity index (χ1v) is 9.23. The maximum absolute atomic E-state index is 13.1. The molecule has 0 aliphatic carbocycles. The lowest BCUT2D eigenvalue weighted by atomic mass is 10.1. The zero-order valence-electron chi connectivity index (χ0n) is 15.8. The lowest BCUT2D eigenvalue weighted by Gasteiger charge is -2.32. The van der Waals surface area contributed by atoms with Gasteiger partial charge in [-0.25, -0.2) is 4.68 Å². The van der Waals surface area contributed by atoms with Crippen LogP contribution in [0.4, 0.5) is 13.2 Å². The monoisotopic (exact) mass is 432 g/mol. The van der Waals surface area contributed by atoms with Crippen LogP contribution in [-0.2, 0) is 10.9 Å². The summed E-state index contributed by atoms with van der Waals surface area (Å²) in [6.45, 7) is 2.29. The number of amides is 1. The van der Waals surface area contributed by atoms with Crippen molar-refractivity contribution < 1.29 is 22.7 Å². The Hall–Kier alpha value is -2.10. The molecule has 6 nitrogen and oxygen atoms in total. The van der Waals surface area contributed by atoms with E-state index in [2.05, 4.69) is 5.10 Å². The molecule has 1 aromatic carbocycles. The van der Waals surface area contributed by atoms with E-state index in [0.717, 1.165) is 36.2 Å². The molecule has 10 heteroatoms. The van der Waals surface area contributed by atoms with Gasteiger partial charge in [0.05, 0.1) is 18.0 Å². The molecule has 3 rings (SSSR count). The average Bonchev–Trinajstić information content (AvgIpc) is 3.19. The number of hydrogen-bond donors (Lipinski definition) is 1. The lowest BCUT2D eigenvalue weighted by molar-refractivity contribution is -0.142. The molecule has 0 unspecified atom stereocenters. The molecule has 0 radical (unpaired) electrons. The molecule has 1 fully saturated rings. The lowest BCUT2D eigenvalue weighted by Crippen LogP contribution is -2.41. The Kier molecular flexibility index (Phi) is 8.06. The first-order chi connectivity index (χ1) is 13.4. The Morgan fingerprint density at radius 1 is 1.24 bits per heavy atom. The van der Waals surface area contributed by atoms with Crippen LogP contribution in [0.1, 0.15) is 35.3 Å². The summed E-state index contributed by atoms with van der Waals surface area (Å²) in [7, 11) is 0. The zero-order valence-corrected chi connectivity index (χ0v) is 16.6. The minimum atomic E-state index is -4.53. The van der Waals surface area contributed by atoms with Crippen LogP contribution in [-0.4, -0.2) is 52.9 Å². The number of nitrogens with zero attached hydrogens (tertiary/aromatic N) is 3. The summed E-state index contributed by atoms with van der Waals surface area (Å²) in [4.78, 5) is 14.5. The topological polar surface area (TPSA) is 73.4 Å². The van der Waals surface area contributed by atoms with Crippen LogP contribution in [0.2, 0.25) is 0 Å². The van der Waals surface area contributed by atoms with Gasteiger partial charge in [-0.15, -0.1) is 12.4 Å². The molecule has 1 aromatic heterocycles. The smallest absolute Gasteiger partial charge is 0.378 e. The van der Waals surface area contributed by atoms with E-state index in [1.807, 2.05) is 0 Å². The molecule has 2 heterocycles. The maximum atomic E-state index is 13.1. The van der Waals surface area contributed by atoms with Crippen molar-refractivity contribution in [1.82, 2.24) is 14.7 Å². The molecule has 2 aromatic rings. The number of likely N-dealkylation sites (tertiary alicyclic amines) is 1. The first kappa shape index (κ1) is 23.2. The number of rotatable bonds is 6. The van der Waals surface area contributed by atoms with Gasteiger partial charge in [0.2, 0.25) is 0 Å². The van der Waals surface area contributed by atoms with Crippen LogP contribution in [0.15, 0.2) is 36.5 Å². The minimum Gasteiger partial charge on any atom is -0.378 e. The summed E-state index contributed by atoms with van der Waals surface area (Å²) in [6, 6.07) is 7.01. The van der Waals surface area contributed by atoms with Crippen LogP contribution < -0.4 is 5.73 Å². The molecule has 1 aliphatic rings. The Balaban J connectivity index is 0.00000300. The zero-order chi connectivity index (χ0) is 20.1. The minimum absolute atomic E-state index is 0. The van der Waals surface area contributed by atoms with Gasteiger partial charge >= 0.3 is 6.18 Å². The standard InChI is InChI=1S/C19H23F3N4O2.ClH/c20-19(21,22)17-5-9-24-26(17)15-4-1-3-14(13-15)18(27)25-10-6-16(7-11-25)28-12-2-8-23;/h1,3-5,9,13,16H,2,6-8,10-12,23H2;1H. The van der Waals surface area contributed by atoms with Gasteiger partial charge in [-0.3, -0.25) is 4.79 Å². The molecule has 1 saturated heterocycles. The first-order valence-electron chi connectivity index (χ1n) is 9.23. The molecule has 0 spiro atoms. The van der Waals surface area contributed by atoms with E-state index in [0.29, 0.717) is 31.8 Å². The van der Waals surface area contributed by atoms with Gasteiger partial charge in [0.1, 0.15) is 5.69 Å². The normalized spacial score (nSPS) is 15.2. The van der Waals surface area contributed by atoms with Crippen molar-refractivity contribution in [3.05, 3.63) is 47.8 Å². The molecular weight excluding hydrogens is 409 g/mol. The van der Waals surface area contributed by atoms with Crippen molar-refractivity contribution >= 4 is 18.3 Å². The van der Waals surface area contributed by atoms with E-state index in [9.17, 15) is 18.0 Å². The second kappa shape index (κ2) is 10.1. The molecule has 1 amide bonds. The van der Waals surface area contributed by atoms with Crippen LogP contribution in [0.3, 0.4) is 0 Å². The predicted octanol–water partition coefficient (Wildman–Crippen LogP) is 3.28. The molecule has 160 valence electrons. The van der Waals surface area contributed by atoms with E-state index in [-0.39, 0.29) is 30.1 Å². The van der Waals surface area contributed by atoms with Crippen molar-refractivity contribution in [2.75, 3.05) is 26.2 Å². The Labute approximate surface area is 173 Å². The number of carbonyl (C=O) groups excluding carboxylic acids is 1. The average molecular weight is 433 g/mol. The SMILES string of the molecule is Cl.NCCCOC1CCN(C(=O)c2cccc(-n3nccc3C(F)(F)F)c2)CC1.